The van der Waals surface area contributed by atoms with Crippen LogP contribution in [0.15, 0.2) is 15.9 Å². The molecule has 0 radical (unpaired) electrons. The van der Waals surface area contributed by atoms with Gasteiger partial charge in [0.05, 0.1) is 17.1 Å². The van der Waals surface area contributed by atoms with Crippen molar-refractivity contribution in [2.75, 3.05) is 0 Å². The predicted octanol–water partition coefficient (Wildman–Crippen LogP) is 4.32. The second kappa shape index (κ2) is 6.64. The molecule has 4 nitrogen and oxygen atoms in total. The maximum Gasteiger partial charge on any atom is 0.264 e. The molecule has 0 N–H and O–H groups in total. The Labute approximate surface area is 155 Å². The van der Waals surface area contributed by atoms with Crippen LogP contribution in [-0.4, -0.2) is 26.6 Å². The summed E-state index contributed by atoms with van der Waals surface area (Å²) in [6, 6.07) is 2.30. The van der Waals surface area contributed by atoms with Crippen molar-refractivity contribution in [3.63, 3.8) is 0 Å². The van der Waals surface area contributed by atoms with Gasteiger partial charge in [-0.1, -0.05) is 12.8 Å². The van der Waals surface area contributed by atoms with Crippen molar-refractivity contribution in [3.8, 4) is 0 Å². The lowest BCUT2D eigenvalue weighted by Gasteiger charge is -2.28. The highest BCUT2D eigenvalue weighted by atomic mass is 79.9. The van der Waals surface area contributed by atoms with Crippen LogP contribution in [0.1, 0.15) is 58.7 Å². The van der Waals surface area contributed by atoms with Crippen LogP contribution < -0.4 is 0 Å². The molecule has 1 fully saturated rings. The van der Waals surface area contributed by atoms with Gasteiger partial charge in [0.1, 0.15) is 0 Å². The zero-order valence-corrected chi connectivity index (χ0v) is 16.3. The topological polar surface area (TPSA) is 38.1 Å². The van der Waals surface area contributed by atoms with Gasteiger partial charge in [0.25, 0.3) is 5.91 Å². The summed E-state index contributed by atoms with van der Waals surface area (Å²) in [6.07, 6.45) is 8.12. The molecule has 0 aliphatic heterocycles. The number of carbonyl (C=O) groups is 1. The van der Waals surface area contributed by atoms with Gasteiger partial charge in [-0.2, -0.15) is 5.10 Å². The molecular formula is C18H22BrN3OS. The monoisotopic (exact) mass is 407 g/mol. The van der Waals surface area contributed by atoms with E-state index in [1.54, 1.807) is 0 Å². The summed E-state index contributed by atoms with van der Waals surface area (Å²) in [7, 11) is 2.03. The first-order chi connectivity index (χ1) is 11.6. The molecule has 0 bridgehead atoms. The fourth-order valence-corrected chi connectivity index (χ4v) is 5.52. The van der Waals surface area contributed by atoms with Crippen LogP contribution in [-0.2, 0) is 26.4 Å². The molecule has 2 aliphatic carbocycles. The van der Waals surface area contributed by atoms with Gasteiger partial charge in [0.2, 0.25) is 0 Å². The van der Waals surface area contributed by atoms with Gasteiger partial charge in [-0.25, -0.2) is 0 Å². The van der Waals surface area contributed by atoms with E-state index in [-0.39, 0.29) is 5.91 Å². The second-order valence-corrected chi connectivity index (χ2v) is 8.68. The zero-order chi connectivity index (χ0) is 16.7. The van der Waals surface area contributed by atoms with Crippen molar-refractivity contribution in [3.05, 3.63) is 37.7 Å². The Morgan fingerprint density at radius 2 is 2.17 bits per heavy atom. The van der Waals surface area contributed by atoms with Gasteiger partial charge < -0.3 is 4.90 Å². The Morgan fingerprint density at radius 3 is 2.88 bits per heavy atom. The number of hydrogen-bond donors (Lipinski definition) is 0. The molecule has 2 aromatic rings. The fourth-order valence-electron chi connectivity index (χ4n) is 4.14. The van der Waals surface area contributed by atoms with Crippen molar-refractivity contribution in [2.45, 2.75) is 57.5 Å². The van der Waals surface area contributed by atoms with E-state index in [9.17, 15) is 4.79 Å². The summed E-state index contributed by atoms with van der Waals surface area (Å²) in [6.45, 7) is 0.655. The van der Waals surface area contributed by atoms with Crippen LogP contribution in [0.2, 0.25) is 0 Å². The molecule has 6 heteroatoms. The maximum atomic E-state index is 13.1. The van der Waals surface area contributed by atoms with Crippen LogP contribution in [0, 0.1) is 0 Å². The van der Waals surface area contributed by atoms with E-state index in [1.807, 2.05) is 23.2 Å². The molecule has 2 heterocycles. The molecule has 128 valence electrons. The maximum absolute atomic E-state index is 13.1. The van der Waals surface area contributed by atoms with E-state index >= 15 is 0 Å². The summed E-state index contributed by atoms with van der Waals surface area (Å²) in [5, 5.41) is 6.73. The van der Waals surface area contributed by atoms with Gasteiger partial charge in [-0.3, -0.25) is 9.48 Å². The van der Waals surface area contributed by atoms with Crippen LogP contribution in [0.25, 0.3) is 0 Å². The molecule has 0 unspecified atom stereocenters. The van der Waals surface area contributed by atoms with Crippen LogP contribution in [0.4, 0.5) is 0 Å². The molecular weight excluding hydrogens is 386 g/mol. The number of aromatic nitrogens is 2. The van der Waals surface area contributed by atoms with Crippen LogP contribution in [0.5, 0.6) is 0 Å². The van der Waals surface area contributed by atoms with Crippen molar-refractivity contribution < 1.29 is 4.79 Å². The fraction of sp³-hybridized carbons (Fsp3) is 0.556. The third-order valence-electron chi connectivity index (χ3n) is 5.32. The van der Waals surface area contributed by atoms with Gasteiger partial charge in [-0.15, -0.1) is 11.3 Å². The minimum Gasteiger partial charge on any atom is -0.329 e. The number of rotatable bonds is 4. The minimum absolute atomic E-state index is 0.162. The van der Waals surface area contributed by atoms with Gasteiger partial charge in [0.15, 0.2) is 0 Å². The molecule has 2 aromatic heterocycles. The Balaban J connectivity index is 1.63. The average Bonchev–Trinajstić information content (AvgIpc) is 3.32. The predicted molar refractivity (Wildman–Crippen MR) is 99.4 cm³/mol. The number of carbonyl (C=O) groups excluding carboxylic acids is 1. The quantitative estimate of drug-likeness (QED) is 0.756. The summed E-state index contributed by atoms with van der Waals surface area (Å²) in [5.74, 6) is 0.162. The molecule has 0 aromatic carbocycles. The molecule has 0 atom stereocenters. The summed E-state index contributed by atoms with van der Waals surface area (Å²) in [4.78, 5) is 16.0. The number of aryl methyl sites for hydroxylation is 1. The zero-order valence-electron chi connectivity index (χ0n) is 13.9. The Morgan fingerprint density at radius 1 is 1.38 bits per heavy atom. The highest BCUT2D eigenvalue weighted by molar-refractivity contribution is 9.10. The number of fused-ring (bicyclic) bond motifs is 1. The molecule has 1 saturated carbocycles. The summed E-state index contributed by atoms with van der Waals surface area (Å²) < 4.78 is 3.01. The van der Waals surface area contributed by atoms with Crippen molar-refractivity contribution in [1.29, 1.82) is 0 Å². The molecule has 0 saturated heterocycles. The number of halogens is 1. The first-order valence-corrected chi connectivity index (χ1v) is 10.4. The average molecular weight is 408 g/mol. The highest BCUT2D eigenvalue weighted by Gasteiger charge is 2.31. The van der Waals surface area contributed by atoms with Crippen molar-refractivity contribution >= 4 is 33.2 Å². The Hall–Kier alpha value is -1.14. The lowest BCUT2D eigenvalue weighted by molar-refractivity contribution is 0.0666. The van der Waals surface area contributed by atoms with Crippen molar-refractivity contribution in [2.24, 2.45) is 7.05 Å². The number of hydrogen-bond acceptors (Lipinski definition) is 3. The largest absolute Gasteiger partial charge is 0.329 e. The summed E-state index contributed by atoms with van der Waals surface area (Å²) in [5.41, 5.74) is 3.87. The molecule has 2 aliphatic rings. The van der Waals surface area contributed by atoms with E-state index in [1.165, 1.54) is 41.9 Å². The molecule has 24 heavy (non-hydrogen) atoms. The highest BCUT2D eigenvalue weighted by Crippen LogP contribution is 2.31. The Kier molecular flexibility index (Phi) is 4.52. The number of thiophene rings is 1. The van der Waals surface area contributed by atoms with Gasteiger partial charge in [0, 0.05) is 28.6 Å². The molecule has 4 rings (SSSR count). The van der Waals surface area contributed by atoms with Crippen molar-refractivity contribution in [1.82, 2.24) is 14.7 Å². The number of nitrogens with zero attached hydrogens (tertiary/aromatic N) is 3. The second-order valence-electron chi connectivity index (χ2n) is 6.85. The van der Waals surface area contributed by atoms with E-state index in [4.69, 9.17) is 5.10 Å². The van der Waals surface area contributed by atoms with E-state index < -0.39 is 0 Å². The smallest absolute Gasteiger partial charge is 0.264 e. The summed E-state index contributed by atoms with van der Waals surface area (Å²) >= 11 is 4.99. The minimum atomic E-state index is 0.162. The Bertz CT molecular complexity index is 760. The van der Waals surface area contributed by atoms with Crippen LogP contribution in [0.3, 0.4) is 0 Å². The standard InChI is InChI=1S/C18H22BrN3OS/c1-21-16-8-4-7-14(16)15(20-21)10-22(13-5-2-3-6-13)18(23)17-9-12(19)11-24-17/h9,11,13H,2-8,10H2,1H3. The lowest BCUT2D eigenvalue weighted by Crippen LogP contribution is -2.38. The van der Waals surface area contributed by atoms with Gasteiger partial charge in [-0.05, 0) is 59.7 Å². The van der Waals surface area contributed by atoms with Crippen LogP contribution >= 0.6 is 27.3 Å². The van der Waals surface area contributed by atoms with E-state index in [2.05, 4.69) is 20.8 Å². The van der Waals surface area contributed by atoms with E-state index in [0.717, 1.165) is 40.7 Å². The lowest BCUT2D eigenvalue weighted by atomic mass is 10.1. The third kappa shape index (κ3) is 2.94. The third-order valence-corrected chi connectivity index (χ3v) is 7.00. The van der Waals surface area contributed by atoms with E-state index in [0.29, 0.717) is 12.6 Å². The van der Waals surface area contributed by atoms with Gasteiger partial charge >= 0.3 is 0 Å². The normalized spacial score (nSPS) is 17.4. The molecule has 0 spiro atoms. The SMILES string of the molecule is Cn1nc(CN(C(=O)c2cc(Br)cs2)C2CCCC2)c2c1CCC2. The first kappa shape index (κ1) is 16.3. The first-order valence-electron chi connectivity index (χ1n) is 8.72. The number of amides is 1. The molecule has 1 amide bonds.